The largest absolute Gasteiger partial charge is 0.302 e. The summed E-state index contributed by atoms with van der Waals surface area (Å²) in [6, 6.07) is 10.7. The molecule has 0 saturated carbocycles. The molecule has 7 heteroatoms. The molecule has 30 heavy (non-hydrogen) atoms. The van der Waals surface area contributed by atoms with Crippen molar-refractivity contribution in [2.75, 3.05) is 0 Å². The molecule has 4 aromatic rings. The minimum absolute atomic E-state index is 0.801. The number of benzene rings is 1. The number of hydrogen-bond donors (Lipinski definition) is 0. The van der Waals surface area contributed by atoms with Crippen molar-refractivity contribution in [1.82, 2.24) is 19.7 Å². The molecular weight excluding hydrogens is 428 g/mol. The highest BCUT2D eigenvalue weighted by atomic mass is 32.2. The van der Waals surface area contributed by atoms with Gasteiger partial charge in [0.2, 0.25) is 0 Å². The second-order valence-corrected chi connectivity index (χ2v) is 10.1. The Morgan fingerprint density at radius 3 is 2.70 bits per heavy atom. The van der Waals surface area contributed by atoms with E-state index in [0.29, 0.717) is 0 Å². The Bertz CT molecular complexity index is 1110. The highest BCUT2D eigenvalue weighted by Gasteiger charge is 2.16. The lowest BCUT2D eigenvalue weighted by Crippen LogP contribution is -2.01. The van der Waals surface area contributed by atoms with Crippen molar-refractivity contribution >= 4 is 34.4 Å². The van der Waals surface area contributed by atoms with Gasteiger partial charge in [0.15, 0.2) is 11.0 Å². The molecular formula is C23H26N4S3. The molecule has 0 saturated heterocycles. The summed E-state index contributed by atoms with van der Waals surface area (Å²) in [7, 11) is 0. The van der Waals surface area contributed by atoms with Crippen LogP contribution >= 0.6 is 34.4 Å². The van der Waals surface area contributed by atoms with Crippen LogP contribution in [0.25, 0.3) is 22.0 Å². The Balaban J connectivity index is 1.51. The van der Waals surface area contributed by atoms with Gasteiger partial charge in [0.1, 0.15) is 5.01 Å². The smallest absolute Gasteiger partial charge is 0.191 e. The third kappa shape index (κ3) is 4.68. The quantitative estimate of drug-likeness (QED) is 0.253. The standard InChI is InChI=1S/C23H26N4S3/c1-4-8-19-12-17(13-28-19)21-25-26-23(27(21)11-5-2)30-15-18-14-29-22(24-18)20-10-7-6-9-16(20)3/h6-7,9-10,12-14H,4-5,8,11,15H2,1-3H3. The number of nitrogens with zero attached hydrogens (tertiary/aromatic N) is 4. The number of thiazole rings is 1. The maximum atomic E-state index is 4.86. The summed E-state index contributed by atoms with van der Waals surface area (Å²) in [6.07, 6.45) is 3.35. The van der Waals surface area contributed by atoms with Crippen LogP contribution in [-0.4, -0.2) is 19.7 Å². The molecule has 4 nitrogen and oxygen atoms in total. The lowest BCUT2D eigenvalue weighted by Gasteiger charge is -2.07. The molecule has 1 aromatic carbocycles. The minimum atomic E-state index is 0.801. The van der Waals surface area contributed by atoms with Crippen LogP contribution in [0.5, 0.6) is 0 Å². The number of thiophene rings is 1. The fourth-order valence-electron chi connectivity index (χ4n) is 3.36. The van der Waals surface area contributed by atoms with E-state index < -0.39 is 0 Å². The highest BCUT2D eigenvalue weighted by molar-refractivity contribution is 7.98. The van der Waals surface area contributed by atoms with Gasteiger partial charge in [-0.15, -0.1) is 32.9 Å². The van der Waals surface area contributed by atoms with Gasteiger partial charge in [-0.1, -0.05) is 56.3 Å². The third-order valence-corrected chi connectivity index (χ3v) is 7.77. The molecule has 0 unspecified atom stereocenters. The Hall–Kier alpha value is -1.96. The molecule has 0 spiro atoms. The molecule has 0 aliphatic heterocycles. The van der Waals surface area contributed by atoms with Crippen LogP contribution in [-0.2, 0) is 18.7 Å². The fourth-order valence-corrected chi connectivity index (χ4v) is 6.20. The van der Waals surface area contributed by atoms with Crippen molar-refractivity contribution in [3.8, 4) is 22.0 Å². The predicted octanol–water partition coefficient (Wildman–Crippen LogP) is 7.09. The zero-order valence-corrected chi connectivity index (χ0v) is 20.0. The molecule has 4 rings (SSSR count). The molecule has 0 fully saturated rings. The van der Waals surface area contributed by atoms with Crippen LogP contribution in [0, 0.1) is 6.92 Å². The second-order valence-electron chi connectivity index (χ2n) is 7.26. The molecule has 0 atom stereocenters. The first-order valence-corrected chi connectivity index (χ1v) is 13.1. The number of rotatable bonds is 9. The summed E-state index contributed by atoms with van der Waals surface area (Å²) in [5.41, 5.74) is 4.76. The normalized spacial score (nSPS) is 11.3. The number of aromatic nitrogens is 4. The molecule has 3 aromatic heterocycles. The van der Waals surface area contributed by atoms with E-state index in [4.69, 9.17) is 4.98 Å². The topological polar surface area (TPSA) is 43.6 Å². The average molecular weight is 455 g/mol. The van der Waals surface area contributed by atoms with Crippen molar-refractivity contribution in [2.24, 2.45) is 0 Å². The van der Waals surface area contributed by atoms with E-state index in [-0.39, 0.29) is 0 Å². The molecule has 0 radical (unpaired) electrons. The van der Waals surface area contributed by atoms with Gasteiger partial charge in [-0.3, -0.25) is 0 Å². The fraction of sp³-hybridized carbons (Fsp3) is 0.348. The van der Waals surface area contributed by atoms with Gasteiger partial charge >= 0.3 is 0 Å². The first-order chi connectivity index (χ1) is 14.7. The zero-order chi connectivity index (χ0) is 20.9. The highest BCUT2D eigenvalue weighted by Crippen LogP contribution is 2.32. The van der Waals surface area contributed by atoms with E-state index in [0.717, 1.165) is 46.8 Å². The maximum absolute atomic E-state index is 4.86. The summed E-state index contributed by atoms with van der Waals surface area (Å²) in [5, 5.41) is 15.5. The van der Waals surface area contributed by atoms with Crippen molar-refractivity contribution in [2.45, 2.75) is 57.5 Å². The van der Waals surface area contributed by atoms with Gasteiger partial charge in [-0.25, -0.2) is 4.98 Å². The van der Waals surface area contributed by atoms with Crippen molar-refractivity contribution in [3.63, 3.8) is 0 Å². The first-order valence-electron chi connectivity index (χ1n) is 10.3. The summed E-state index contributed by atoms with van der Waals surface area (Å²) >= 11 is 5.25. The van der Waals surface area contributed by atoms with Gasteiger partial charge < -0.3 is 4.57 Å². The number of thioether (sulfide) groups is 1. The van der Waals surface area contributed by atoms with E-state index in [1.807, 2.05) is 11.3 Å². The first kappa shape index (κ1) is 21.3. The van der Waals surface area contributed by atoms with Crippen molar-refractivity contribution in [1.29, 1.82) is 0 Å². The molecule has 0 N–H and O–H groups in total. The van der Waals surface area contributed by atoms with Gasteiger partial charge in [0, 0.05) is 39.1 Å². The van der Waals surface area contributed by atoms with Crippen LogP contribution in [0.15, 0.2) is 46.2 Å². The Kier molecular flexibility index (Phi) is 7.02. The van der Waals surface area contributed by atoms with Crippen molar-refractivity contribution < 1.29 is 0 Å². The summed E-state index contributed by atoms with van der Waals surface area (Å²) in [6.45, 7) is 7.48. The average Bonchev–Trinajstić information content (AvgIpc) is 3.48. The molecule has 0 aliphatic carbocycles. The molecule has 156 valence electrons. The molecule has 0 aliphatic rings. The van der Waals surface area contributed by atoms with E-state index in [9.17, 15) is 0 Å². The third-order valence-electron chi connectivity index (χ3n) is 4.85. The number of aryl methyl sites for hydroxylation is 2. The van der Waals surface area contributed by atoms with E-state index in [2.05, 4.69) is 76.6 Å². The lowest BCUT2D eigenvalue weighted by molar-refractivity contribution is 0.626. The van der Waals surface area contributed by atoms with E-state index in [1.54, 1.807) is 23.1 Å². The van der Waals surface area contributed by atoms with Crippen LogP contribution < -0.4 is 0 Å². The molecule has 0 bridgehead atoms. The Morgan fingerprint density at radius 2 is 1.90 bits per heavy atom. The van der Waals surface area contributed by atoms with Gasteiger partial charge in [-0.05, 0) is 31.4 Å². The summed E-state index contributed by atoms with van der Waals surface area (Å²) in [5.74, 6) is 1.78. The monoisotopic (exact) mass is 454 g/mol. The Morgan fingerprint density at radius 1 is 1.03 bits per heavy atom. The maximum Gasteiger partial charge on any atom is 0.191 e. The van der Waals surface area contributed by atoms with Gasteiger partial charge in [0.25, 0.3) is 0 Å². The predicted molar refractivity (Wildman–Crippen MR) is 129 cm³/mol. The Labute approximate surface area is 190 Å². The molecule has 3 heterocycles. The zero-order valence-electron chi connectivity index (χ0n) is 17.6. The minimum Gasteiger partial charge on any atom is -0.302 e. The van der Waals surface area contributed by atoms with Gasteiger partial charge in [-0.2, -0.15) is 0 Å². The van der Waals surface area contributed by atoms with Crippen LogP contribution in [0.2, 0.25) is 0 Å². The van der Waals surface area contributed by atoms with Crippen LogP contribution in [0.4, 0.5) is 0 Å². The summed E-state index contributed by atoms with van der Waals surface area (Å²) < 4.78 is 2.26. The summed E-state index contributed by atoms with van der Waals surface area (Å²) in [4.78, 5) is 6.28. The lowest BCUT2D eigenvalue weighted by atomic mass is 10.1. The van der Waals surface area contributed by atoms with E-state index in [1.165, 1.54) is 28.0 Å². The molecule has 0 amide bonds. The van der Waals surface area contributed by atoms with Crippen LogP contribution in [0.1, 0.15) is 42.8 Å². The second kappa shape index (κ2) is 9.90. The number of hydrogen-bond acceptors (Lipinski definition) is 6. The van der Waals surface area contributed by atoms with Crippen LogP contribution in [0.3, 0.4) is 0 Å². The van der Waals surface area contributed by atoms with E-state index >= 15 is 0 Å². The van der Waals surface area contributed by atoms with Gasteiger partial charge in [0.05, 0.1) is 5.69 Å². The van der Waals surface area contributed by atoms with Crippen molar-refractivity contribution in [3.05, 3.63) is 57.2 Å². The SMILES string of the molecule is CCCc1cc(-c2nnc(SCc3csc(-c4ccccc4C)n3)n2CCC)cs1.